The highest BCUT2D eigenvalue weighted by Gasteiger charge is 2.19. The van der Waals surface area contributed by atoms with Gasteiger partial charge >= 0.3 is 0 Å². The first kappa shape index (κ1) is 18.0. The molecule has 1 N–H and O–H groups in total. The Morgan fingerprint density at radius 3 is 2.64 bits per heavy atom. The van der Waals surface area contributed by atoms with Crippen LogP contribution in [0.3, 0.4) is 0 Å². The molecule has 0 saturated carbocycles. The third-order valence-corrected chi connectivity index (χ3v) is 5.18. The molecule has 0 aliphatic carbocycles. The lowest BCUT2D eigenvalue weighted by molar-refractivity contribution is -0.131. The van der Waals surface area contributed by atoms with Gasteiger partial charge in [-0.1, -0.05) is 28.8 Å². The van der Waals surface area contributed by atoms with Gasteiger partial charge in [0.2, 0.25) is 5.91 Å². The molecule has 25 heavy (non-hydrogen) atoms. The van der Waals surface area contributed by atoms with Crippen molar-refractivity contribution < 1.29 is 14.0 Å². The summed E-state index contributed by atoms with van der Waals surface area (Å²) in [7, 11) is 0. The Kier molecular flexibility index (Phi) is 5.78. The summed E-state index contributed by atoms with van der Waals surface area (Å²) in [5.41, 5.74) is 1.50. The van der Waals surface area contributed by atoms with E-state index in [2.05, 4.69) is 21.2 Å². The smallest absolute Gasteiger partial charge is 0.287 e. The van der Waals surface area contributed by atoms with Crippen LogP contribution in [0.1, 0.15) is 48.2 Å². The minimum atomic E-state index is -0.270. The molecule has 1 aromatic heterocycles. The second-order valence-electron chi connectivity index (χ2n) is 6.50. The predicted molar refractivity (Wildman–Crippen MR) is 101 cm³/mol. The fourth-order valence-corrected chi connectivity index (χ4v) is 3.61. The first-order valence-corrected chi connectivity index (χ1v) is 9.60. The van der Waals surface area contributed by atoms with Gasteiger partial charge < -0.3 is 14.6 Å². The lowest BCUT2D eigenvalue weighted by Gasteiger charge is -2.20. The fraction of sp³-hybridized carbons (Fsp3) is 0.474. The SMILES string of the molecule is Cc1c(C(=O)NCCC(=O)N2CCCCCC2)oc2ccc(Br)cc12. The standard InChI is InChI=1S/C19H23BrN2O3/c1-13-15-12-14(20)6-7-16(15)25-18(13)19(24)21-9-8-17(23)22-10-4-2-3-5-11-22/h6-7,12H,2-5,8-11H2,1H3,(H,21,24). The van der Waals surface area contributed by atoms with Crippen molar-refractivity contribution in [3.8, 4) is 0 Å². The second-order valence-corrected chi connectivity index (χ2v) is 7.41. The molecular formula is C19H23BrN2O3. The monoisotopic (exact) mass is 406 g/mol. The van der Waals surface area contributed by atoms with Crippen LogP contribution in [0.25, 0.3) is 11.0 Å². The van der Waals surface area contributed by atoms with E-state index >= 15 is 0 Å². The maximum absolute atomic E-state index is 12.4. The Bertz CT molecular complexity index is 776. The Morgan fingerprint density at radius 2 is 1.92 bits per heavy atom. The van der Waals surface area contributed by atoms with E-state index in [1.807, 2.05) is 30.0 Å². The van der Waals surface area contributed by atoms with E-state index in [1.54, 1.807) is 0 Å². The lowest BCUT2D eigenvalue weighted by Crippen LogP contribution is -2.35. The number of likely N-dealkylation sites (tertiary alicyclic amines) is 1. The Hall–Kier alpha value is -1.82. The molecule has 0 radical (unpaired) electrons. The van der Waals surface area contributed by atoms with E-state index in [1.165, 1.54) is 12.8 Å². The molecular weight excluding hydrogens is 384 g/mol. The summed E-state index contributed by atoms with van der Waals surface area (Å²) in [6.07, 6.45) is 4.87. The Balaban J connectivity index is 1.57. The third kappa shape index (κ3) is 4.24. The highest BCUT2D eigenvalue weighted by atomic mass is 79.9. The molecule has 1 fully saturated rings. The van der Waals surface area contributed by atoms with Crippen LogP contribution in [0.5, 0.6) is 0 Å². The molecule has 3 rings (SSSR count). The van der Waals surface area contributed by atoms with Gasteiger partial charge in [0.15, 0.2) is 5.76 Å². The molecule has 2 amide bonds. The van der Waals surface area contributed by atoms with Crippen LogP contribution in [-0.2, 0) is 4.79 Å². The number of nitrogens with zero attached hydrogens (tertiary/aromatic N) is 1. The molecule has 0 unspecified atom stereocenters. The number of amides is 2. The average Bonchev–Trinajstić information content (AvgIpc) is 2.79. The number of furan rings is 1. The number of nitrogens with one attached hydrogen (secondary N) is 1. The summed E-state index contributed by atoms with van der Waals surface area (Å²) >= 11 is 3.43. The van der Waals surface area contributed by atoms with Crippen molar-refractivity contribution in [1.29, 1.82) is 0 Å². The van der Waals surface area contributed by atoms with Crippen LogP contribution in [0, 0.1) is 6.92 Å². The zero-order chi connectivity index (χ0) is 17.8. The van der Waals surface area contributed by atoms with Gasteiger partial charge in [-0.3, -0.25) is 9.59 Å². The highest BCUT2D eigenvalue weighted by molar-refractivity contribution is 9.10. The first-order valence-electron chi connectivity index (χ1n) is 8.81. The molecule has 0 atom stereocenters. The van der Waals surface area contributed by atoms with Gasteiger partial charge in [-0.15, -0.1) is 0 Å². The summed E-state index contributed by atoms with van der Waals surface area (Å²) in [4.78, 5) is 26.6. The molecule has 1 saturated heterocycles. The van der Waals surface area contributed by atoms with E-state index in [9.17, 15) is 9.59 Å². The summed E-state index contributed by atoms with van der Waals surface area (Å²) in [5, 5.41) is 3.73. The van der Waals surface area contributed by atoms with Gasteiger partial charge in [-0.05, 0) is 38.0 Å². The van der Waals surface area contributed by atoms with Gasteiger partial charge in [0.05, 0.1) is 0 Å². The minimum Gasteiger partial charge on any atom is -0.451 e. The van der Waals surface area contributed by atoms with E-state index in [0.717, 1.165) is 41.4 Å². The van der Waals surface area contributed by atoms with Gasteiger partial charge in [-0.2, -0.15) is 0 Å². The zero-order valence-electron chi connectivity index (χ0n) is 14.4. The normalized spacial score (nSPS) is 15.2. The maximum Gasteiger partial charge on any atom is 0.287 e. The van der Waals surface area contributed by atoms with E-state index in [-0.39, 0.29) is 11.8 Å². The molecule has 2 heterocycles. The zero-order valence-corrected chi connectivity index (χ0v) is 16.0. The van der Waals surface area contributed by atoms with Gasteiger partial charge in [0.25, 0.3) is 5.91 Å². The molecule has 6 heteroatoms. The van der Waals surface area contributed by atoms with Gasteiger partial charge in [0.1, 0.15) is 5.58 Å². The number of aryl methyl sites for hydroxylation is 1. The minimum absolute atomic E-state index is 0.118. The molecule has 0 bridgehead atoms. The van der Waals surface area contributed by atoms with Crippen LogP contribution >= 0.6 is 15.9 Å². The molecule has 1 aromatic carbocycles. The number of halogens is 1. The van der Waals surface area contributed by atoms with E-state index in [0.29, 0.717) is 24.3 Å². The molecule has 5 nitrogen and oxygen atoms in total. The predicted octanol–water partition coefficient (Wildman–Crippen LogP) is 4.03. The molecule has 0 spiro atoms. The number of carbonyl (C=O) groups excluding carboxylic acids is 2. The summed E-state index contributed by atoms with van der Waals surface area (Å²) < 4.78 is 6.62. The lowest BCUT2D eigenvalue weighted by atomic mass is 10.1. The van der Waals surface area contributed by atoms with Crippen molar-refractivity contribution in [2.24, 2.45) is 0 Å². The van der Waals surface area contributed by atoms with Crippen molar-refractivity contribution in [1.82, 2.24) is 10.2 Å². The maximum atomic E-state index is 12.4. The largest absolute Gasteiger partial charge is 0.451 e. The Morgan fingerprint density at radius 1 is 1.20 bits per heavy atom. The quantitative estimate of drug-likeness (QED) is 0.833. The van der Waals surface area contributed by atoms with Crippen LogP contribution < -0.4 is 5.32 Å². The number of fused-ring (bicyclic) bond motifs is 1. The first-order chi connectivity index (χ1) is 12.1. The topological polar surface area (TPSA) is 62.6 Å². The molecule has 134 valence electrons. The van der Waals surface area contributed by atoms with Crippen molar-refractivity contribution in [3.63, 3.8) is 0 Å². The van der Waals surface area contributed by atoms with Crippen molar-refractivity contribution >= 4 is 38.7 Å². The average molecular weight is 407 g/mol. The van der Waals surface area contributed by atoms with Crippen molar-refractivity contribution in [2.75, 3.05) is 19.6 Å². The highest BCUT2D eigenvalue weighted by Crippen LogP contribution is 2.28. The molecule has 2 aromatic rings. The van der Waals surface area contributed by atoms with Gasteiger partial charge in [-0.25, -0.2) is 0 Å². The number of benzene rings is 1. The molecule has 1 aliphatic heterocycles. The number of hydrogen-bond acceptors (Lipinski definition) is 3. The van der Waals surface area contributed by atoms with E-state index in [4.69, 9.17) is 4.42 Å². The second kappa shape index (κ2) is 8.04. The van der Waals surface area contributed by atoms with Crippen molar-refractivity contribution in [2.45, 2.75) is 39.0 Å². The van der Waals surface area contributed by atoms with Crippen LogP contribution in [-0.4, -0.2) is 36.3 Å². The third-order valence-electron chi connectivity index (χ3n) is 4.69. The molecule has 1 aliphatic rings. The van der Waals surface area contributed by atoms with E-state index < -0.39 is 0 Å². The summed E-state index contributed by atoms with van der Waals surface area (Å²) in [5.74, 6) is 0.163. The number of rotatable bonds is 4. The summed E-state index contributed by atoms with van der Waals surface area (Å²) in [6, 6.07) is 5.66. The van der Waals surface area contributed by atoms with Crippen LogP contribution in [0.2, 0.25) is 0 Å². The Labute approximate surface area is 155 Å². The van der Waals surface area contributed by atoms with Crippen LogP contribution in [0.15, 0.2) is 27.1 Å². The van der Waals surface area contributed by atoms with Gasteiger partial charge in [0, 0.05) is 41.5 Å². The summed E-state index contributed by atoms with van der Waals surface area (Å²) in [6.45, 7) is 3.87. The van der Waals surface area contributed by atoms with Crippen LogP contribution in [0.4, 0.5) is 0 Å². The fourth-order valence-electron chi connectivity index (χ4n) is 3.25. The van der Waals surface area contributed by atoms with Crippen molar-refractivity contribution in [3.05, 3.63) is 34.0 Å². The number of hydrogen-bond donors (Lipinski definition) is 1. The number of carbonyl (C=O) groups is 2.